The summed E-state index contributed by atoms with van der Waals surface area (Å²) < 4.78 is 11.0. The van der Waals surface area contributed by atoms with Crippen LogP contribution in [0.5, 0.6) is 11.5 Å². The molecule has 0 radical (unpaired) electrons. The van der Waals surface area contributed by atoms with Crippen LogP contribution in [-0.2, 0) is 0 Å². The van der Waals surface area contributed by atoms with Gasteiger partial charge in [0, 0.05) is 12.6 Å². The minimum absolute atomic E-state index is 0.114. The van der Waals surface area contributed by atoms with E-state index in [-0.39, 0.29) is 5.91 Å². The van der Waals surface area contributed by atoms with Crippen molar-refractivity contribution in [1.29, 1.82) is 0 Å². The van der Waals surface area contributed by atoms with E-state index in [2.05, 4.69) is 10.6 Å². The largest absolute Gasteiger partial charge is 0.494 e. The average Bonchev–Trinajstić information content (AvgIpc) is 2.55. The number of piperidine rings is 1. The molecule has 5 nitrogen and oxygen atoms in total. The third-order valence-electron chi connectivity index (χ3n) is 3.73. The van der Waals surface area contributed by atoms with Gasteiger partial charge in [-0.15, -0.1) is 0 Å². The van der Waals surface area contributed by atoms with Gasteiger partial charge in [-0.2, -0.15) is 0 Å². The molecule has 0 aromatic heterocycles. The summed E-state index contributed by atoms with van der Waals surface area (Å²) in [6.45, 7) is 6.60. The van der Waals surface area contributed by atoms with E-state index in [9.17, 15) is 4.79 Å². The summed E-state index contributed by atoms with van der Waals surface area (Å²) in [5.74, 6) is 1.17. The number of hydrogen-bond acceptors (Lipinski definition) is 4. The Hall–Kier alpha value is -1.75. The molecule has 0 aliphatic carbocycles. The monoisotopic (exact) mass is 306 g/mol. The second kappa shape index (κ2) is 8.63. The second-order valence-electron chi connectivity index (χ2n) is 5.38. The number of amides is 1. The van der Waals surface area contributed by atoms with E-state index in [1.54, 1.807) is 12.1 Å². The summed E-state index contributed by atoms with van der Waals surface area (Å²) >= 11 is 0. The van der Waals surface area contributed by atoms with E-state index in [1.807, 2.05) is 19.9 Å². The SMILES string of the molecule is CCOc1ccc(OCC)c(C(=O)NCC2CCCCN2)c1. The van der Waals surface area contributed by atoms with Crippen LogP contribution in [0, 0.1) is 0 Å². The maximum absolute atomic E-state index is 12.5. The van der Waals surface area contributed by atoms with Crippen LogP contribution in [-0.4, -0.2) is 38.3 Å². The molecule has 1 aliphatic rings. The first-order valence-electron chi connectivity index (χ1n) is 8.15. The van der Waals surface area contributed by atoms with Gasteiger partial charge in [0.1, 0.15) is 11.5 Å². The molecule has 1 aromatic carbocycles. The Morgan fingerprint density at radius 2 is 2.09 bits per heavy atom. The van der Waals surface area contributed by atoms with Gasteiger partial charge in [-0.1, -0.05) is 6.42 Å². The van der Waals surface area contributed by atoms with Crippen LogP contribution in [0.25, 0.3) is 0 Å². The zero-order valence-electron chi connectivity index (χ0n) is 13.5. The molecule has 5 heteroatoms. The van der Waals surface area contributed by atoms with Crippen LogP contribution in [0.1, 0.15) is 43.5 Å². The van der Waals surface area contributed by atoms with Crippen molar-refractivity contribution in [3.05, 3.63) is 23.8 Å². The summed E-state index contributed by atoms with van der Waals surface area (Å²) in [7, 11) is 0. The molecule has 1 atom stereocenters. The van der Waals surface area contributed by atoms with Crippen LogP contribution in [0.3, 0.4) is 0 Å². The van der Waals surface area contributed by atoms with Gasteiger partial charge in [0.2, 0.25) is 0 Å². The Balaban J connectivity index is 2.03. The fraction of sp³-hybridized carbons (Fsp3) is 0.588. The van der Waals surface area contributed by atoms with Crippen molar-refractivity contribution < 1.29 is 14.3 Å². The summed E-state index contributed by atoms with van der Waals surface area (Å²) in [5, 5.41) is 6.43. The molecule has 1 amide bonds. The lowest BCUT2D eigenvalue weighted by atomic mass is 10.0. The highest BCUT2D eigenvalue weighted by molar-refractivity contribution is 5.97. The number of rotatable bonds is 7. The maximum atomic E-state index is 12.5. The molecule has 2 rings (SSSR count). The number of nitrogens with one attached hydrogen (secondary N) is 2. The molecule has 1 unspecified atom stereocenters. The highest BCUT2D eigenvalue weighted by Crippen LogP contribution is 2.24. The van der Waals surface area contributed by atoms with Crippen molar-refractivity contribution >= 4 is 5.91 Å². The molecule has 1 heterocycles. The first kappa shape index (κ1) is 16.6. The van der Waals surface area contributed by atoms with Gasteiger partial charge >= 0.3 is 0 Å². The molecule has 2 N–H and O–H groups in total. The van der Waals surface area contributed by atoms with Crippen LogP contribution < -0.4 is 20.1 Å². The number of hydrogen-bond donors (Lipinski definition) is 2. The molecular weight excluding hydrogens is 280 g/mol. The predicted octanol–water partition coefficient (Wildman–Crippen LogP) is 2.36. The first-order valence-corrected chi connectivity index (χ1v) is 8.15. The molecule has 0 spiro atoms. The summed E-state index contributed by atoms with van der Waals surface area (Å²) in [5.41, 5.74) is 0.531. The lowest BCUT2D eigenvalue weighted by Gasteiger charge is -2.23. The molecule has 0 bridgehead atoms. The summed E-state index contributed by atoms with van der Waals surface area (Å²) in [6, 6.07) is 5.73. The zero-order chi connectivity index (χ0) is 15.8. The first-order chi connectivity index (χ1) is 10.7. The second-order valence-corrected chi connectivity index (χ2v) is 5.38. The highest BCUT2D eigenvalue weighted by Gasteiger charge is 2.17. The normalized spacial score (nSPS) is 17.8. The Kier molecular flexibility index (Phi) is 6.52. The fourth-order valence-electron chi connectivity index (χ4n) is 2.63. The third-order valence-corrected chi connectivity index (χ3v) is 3.73. The van der Waals surface area contributed by atoms with E-state index in [0.29, 0.717) is 42.9 Å². The molecule has 0 saturated carbocycles. The Morgan fingerprint density at radius 1 is 1.27 bits per heavy atom. The summed E-state index contributed by atoms with van der Waals surface area (Å²) in [4.78, 5) is 12.5. The topological polar surface area (TPSA) is 59.6 Å². The number of ether oxygens (including phenoxy) is 2. The number of carbonyl (C=O) groups excluding carboxylic acids is 1. The zero-order valence-corrected chi connectivity index (χ0v) is 13.5. The van der Waals surface area contributed by atoms with Crippen molar-refractivity contribution in [2.45, 2.75) is 39.2 Å². The fourth-order valence-corrected chi connectivity index (χ4v) is 2.63. The molecule has 22 heavy (non-hydrogen) atoms. The van der Waals surface area contributed by atoms with E-state index in [1.165, 1.54) is 12.8 Å². The Morgan fingerprint density at radius 3 is 2.77 bits per heavy atom. The third kappa shape index (κ3) is 4.63. The molecule has 1 aliphatic heterocycles. The highest BCUT2D eigenvalue weighted by atomic mass is 16.5. The van der Waals surface area contributed by atoms with Gasteiger partial charge < -0.3 is 20.1 Å². The average molecular weight is 306 g/mol. The minimum atomic E-state index is -0.114. The molecule has 1 fully saturated rings. The van der Waals surface area contributed by atoms with Crippen LogP contribution in [0.4, 0.5) is 0 Å². The van der Waals surface area contributed by atoms with Crippen molar-refractivity contribution in [3.63, 3.8) is 0 Å². The van der Waals surface area contributed by atoms with Gasteiger partial charge in [-0.05, 0) is 51.4 Å². The van der Waals surface area contributed by atoms with Crippen molar-refractivity contribution in [2.75, 3.05) is 26.3 Å². The minimum Gasteiger partial charge on any atom is -0.494 e. The van der Waals surface area contributed by atoms with E-state index in [4.69, 9.17) is 9.47 Å². The van der Waals surface area contributed by atoms with Crippen molar-refractivity contribution in [1.82, 2.24) is 10.6 Å². The smallest absolute Gasteiger partial charge is 0.255 e. The molecule has 1 saturated heterocycles. The van der Waals surface area contributed by atoms with Crippen molar-refractivity contribution in [3.8, 4) is 11.5 Å². The lowest BCUT2D eigenvalue weighted by Crippen LogP contribution is -2.43. The van der Waals surface area contributed by atoms with Gasteiger partial charge in [0.05, 0.1) is 18.8 Å². The molecular formula is C17H26N2O3. The number of benzene rings is 1. The molecule has 1 aromatic rings. The van der Waals surface area contributed by atoms with Gasteiger partial charge in [-0.25, -0.2) is 0 Å². The quantitative estimate of drug-likeness (QED) is 0.812. The van der Waals surface area contributed by atoms with E-state index in [0.717, 1.165) is 13.0 Å². The van der Waals surface area contributed by atoms with Crippen LogP contribution in [0.15, 0.2) is 18.2 Å². The number of carbonyl (C=O) groups is 1. The van der Waals surface area contributed by atoms with Crippen LogP contribution in [0.2, 0.25) is 0 Å². The predicted molar refractivity (Wildman–Crippen MR) is 86.8 cm³/mol. The summed E-state index contributed by atoms with van der Waals surface area (Å²) in [6.07, 6.45) is 3.55. The lowest BCUT2D eigenvalue weighted by molar-refractivity contribution is 0.0943. The van der Waals surface area contributed by atoms with Gasteiger partial charge in [0.15, 0.2) is 0 Å². The van der Waals surface area contributed by atoms with Gasteiger partial charge in [-0.3, -0.25) is 4.79 Å². The Bertz CT molecular complexity index is 485. The molecule has 122 valence electrons. The maximum Gasteiger partial charge on any atom is 0.255 e. The van der Waals surface area contributed by atoms with Crippen molar-refractivity contribution in [2.24, 2.45) is 0 Å². The Labute approximate surface area is 132 Å². The van der Waals surface area contributed by atoms with Gasteiger partial charge in [0.25, 0.3) is 5.91 Å². The van der Waals surface area contributed by atoms with Crippen LogP contribution >= 0.6 is 0 Å². The standard InChI is InChI=1S/C17H26N2O3/c1-3-21-14-8-9-16(22-4-2)15(11-14)17(20)19-12-13-7-5-6-10-18-13/h8-9,11,13,18H,3-7,10,12H2,1-2H3,(H,19,20). The van der Waals surface area contributed by atoms with E-state index < -0.39 is 0 Å². The van der Waals surface area contributed by atoms with E-state index >= 15 is 0 Å².